The Balaban J connectivity index is 1.90. The van der Waals surface area contributed by atoms with Gasteiger partial charge in [-0.3, -0.25) is 0 Å². The first-order valence-corrected chi connectivity index (χ1v) is 7.19. The standard InChI is InChI=1S/C14H27N3O/c1-10(2)15(5)14(18)17-9-12-8-16(11(3)4)7-6-13(12)17/h10-13H,6-9H2,1-5H3. The van der Waals surface area contributed by atoms with Gasteiger partial charge in [-0.25, -0.2) is 4.79 Å². The molecule has 0 aromatic heterocycles. The summed E-state index contributed by atoms with van der Waals surface area (Å²) < 4.78 is 0. The van der Waals surface area contributed by atoms with Crippen LogP contribution in [0.5, 0.6) is 0 Å². The molecular formula is C14H27N3O. The summed E-state index contributed by atoms with van der Waals surface area (Å²) in [6, 6.07) is 1.62. The molecule has 0 N–H and O–H groups in total. The van der Waals surface area contributed by atoms with E-state index in [1.165, 1.54) is 0 Å². The lowest BCUT2D eigenvalue weighted by Gasteiger charge is -2.54. The Bertz CT molecular complexity index is 316. The number of rotatable bonds is 2. The van der Waals surface area contributed by atoms with Gasteiger partial charge in [-0.2, -0.15) is 0 Å². The Kier molecular flexibility index (Phi) is 3.85. The van der Waals surface area contributed by atoms with Gasteiger partial charge < -0.3 is 14.7 Å². The van der Waals surface area contributed by atoms with Gasteiger partial charge in [-0.05, 0) is 34.1 Å². The summed E-state index contributed by atoms with van der Waals surface area (Å²) in [5.74, 6) is 0.700. The van der Waals surface area contributed by atoms with Crippen molar-refractivity contribution in [3.8, 4) is 0 Å². The number of amides is 2. The van der Waals surface area contributed by atoms with Crippen molar-refractivity contribution in [2.45, 2.75) is 52.2 Å². The van der Waals surface area contributed by atoms with Crippen LogP contribution in [0.4, 0.5) is 4.79 Å². The molecule has 104 valence electrons. The third-order valence-corrected chi connectivity index (χ3v) is 4.61. The maximum atomic E-state index is 12.3. The Morgan fingerprint density at radius 3 is 2.39 bits per heavy atom. The molecule has 2 fully saturated rings. The van der Waals surface area contributed by atoms with E-state index >= 15 is 0 Å². The monoisotopic (exact) mass is 253 g/mol. The molecule has 0 aromatic carbocycles. The van der Waals surface area contributed by atoms with E-state index in [-0.39, 0.29) is 12.1 Å². The minimum absolute atomic E-state index is 0.212. The van der Waals surface area contributed by atoms with Crippen LogP contribution in [0.3, 0.4) is 0 Å². The predicted octanol–water partition coefficient (Wildman–Crippen LogP) is 1.86. The van der Waals surface area contributed by atoms with Gasteiger partial charge in [0.2, 0.25) is 0 Å². The minimum atomic E-state index is 0.212. The number of nitrogens with zero attached hydrogens (tertiary/aromatic N) is 3. The molecule has 0 radical (unpaired) electrons. The molecule has 18 heavy (non-hydrogen) atoms. The largest absolute Gasteiger partial charge is 0.325 e. The van der Waals surface area contributed by atoms with E-state index in [1.54, 1.807) is 0 Å². The molecule has 2 atom stereocenters. The van der Waals surface area contributed by atoms with E-state index < -0.39 is 0 Å². The van der Waals surface area contributed by atoms with Crippen LogP contribution in [0, 0.1) is 5.92 Å². The van der Waals surface area contributed by atoms with E-state index in [0.717, 1.165) is 26.1 Å². The van der Waals surface area contributed by atoms with Crippen LogP contribution in [0.15, 0.2) is 0 Å². The molecule has 2 amide bonds. The highest BCUT2D eigenvalue weighted by Gasteiger charge is 2.46. The number of fused-ring (bicyclic) bond motifs is 1. The Labute approximate surface area is 111 Å². The SMILES string of the molecule is CC(C)N1CCC2C(C1)CN2C(=O)N(C)C(C)C. The minimum Gasteiger partial charge on any atom is -0.325 e. The number of piperidine rings is 1. The van der Waals surface area contributed by atoms with Crippen molar-refractivity contribution >= 4 is 6.03 Å². The summed E-state index contributed by atoms with van der Waals surface area (Å²) in [6.07, 6.45) is 1.14. The van der Waals surface area contributed by atoms with Crippen molar-refractivity contribution in [1.82, 2.24) is 14.7 Å². The number of carbonyl (C=O) groups excluding carboxylic acids is 1. The van der Waals surface area contributed by atoms with Crippen LogP contribution in [-0.4, -0.2) is 65.5 Å². The quantitative estimate of drug-likeness (QED) is 0.751. The number of likely N-dealkylation sites (tertiary alicyclic amines) is 2. The molecule has 0 bridgehead atoms. The lowest BCUT2D eigenvalue weighted by molar-refractivity contribution is -0.0315. The summed E-state index contributed by atoms with van der Waals surface area (Å²) in [5.41, 5.74) is 0. The van der Waals surface area contributed by atoms with Crippen molar-refractivity contribution in [1.29, 1.82) is 0 Å². The molecule has 4 heteroatoms. The van der Waals surface area contributed by atoms with Gasteiger partial charge in [0.15, 0.2) is 0 Å². The van der Waals surface area contributed by atoms with Crippen molar-refractivity contribution in [2.75, 3.05) is 26.7 Å². The first-order valence-electron chi connectivity index (χ1n) is 7.19. The molecule has 0 aliphatic carbocycles. The van der Waals surface area contributed by atoms with Crippen LogP contribution in [0.2, 0.25) is 0 Å². The van der Waals surface area contributed by atoms with E-state index in [4.69, 9.17) is 0 Å². The van der Waals surface area contributed by atoms with Crippen LogP contribution in [0.1, 0.15) is 34.1 Å². The van der Waals surface area contributed by atoms with Crippen molar-refractivity contribution in [2.24, 2.45) is 5.92 Å². The van der Waals surface area contributed by atoms with E-state index in [0.29, 0.717) is 18.0 Å². The lowest BCUT2D eigenvalue weighted by atomic mass is 9.82. The molecule has 2 unspecified atom stereocenters. The van der Waals surface area contributed by atoms with Crippen LogP contribution >= 0.6 is 0 Å². The molecule has 2 rings (SSSR count). The van der Waals surface area contributed by atoms with Crippen LogP contribution < -0.4 is 0 Å². The molecular weight excluding hydrogens is 226 g/mol. The average molecular weight is 253 g/mol. The predicted molar refractivity (Wildman–Crippen MR) is 73.6 cm³/mol. The summed E-state index contributed by atoms with van der Waals surface area (Å²) in [7, 11) is 1.91. The van der Waals surface area contributed by atoms with Gasteiger partial charge in [0.05, 0.1) is 0 Å². The first kappa shape index (κ1) is 13.7. The van der Waals surface area contributed by atoms with Gasteiger partial charge in [0, 0.05) is 50.7 Å². The molecule has 2 aliphatic heterocycles. The van der Waals surface area contributed by atoms with Crippen LogP contribution in [0.25, 0.3) is 0 Å². The second kappa shape index (κ2) is 5.08. The highest BCUT2D eigenvalue weighted by atomic mass is 16.2. The van der Waals surface area contributed by atoms with Crippen LogP contribution in [-0.2, 0) is 0 Å². The molecule has 4 nitrogen and oxygen atoms in total. The Morgan fingerprint density at radius 2 is 1.89 bits per heavy atom. The topological polar surface area (TPSA) is 26.8 Å². The number of urea groups is 1. The average Bonchev–Trinajstić information content (AvgIpc) is 2.28. The van der Waals surface area contributed by atoms with Crippen molar-refractivity contribution in [3.63, 3.8) is 0 Å². The van der Waals surface area contributed by atoms with Gasteiger partial charge in [-0.15, -0.1) is 0 Å². The smallest absolute Gasteiger partial charge is 0.320 e. The van der Waals surface area contributed by atoms with Crippen molar-refractivity contribution in [3.05, 3.63) is 0 Å². The summed E-state index contributed by atoms with van der Waals surface area (Å²) in [4.78, 5) is 18.7. The molecule has 2 heterocycles. The third-order valence-electron chi connectivity index (χ3n) is 4.61. The van der Waals surface area contributed by atoms with E-state index in [9.17, 15) is 4.79 Å². The lowest BCUT2D eigenvalue weighted by Crippen LogP contribution is -2.67. The summed E-state index contributed by atoms with van der Waals surface area (Å²) in [5, 5.41) is 0. The van der Waals surface area contributed by atoms with Gasteiger partial charge in [-0.1, -0.05) is 0 Å². The van der Waals surface area contributed by atoms with Gasteiger partial charge >= 0.3 is 6.03 Å². The second-order valence-corrected chi connectivity index (χ2v) is 6.34. The molecule has 0 aromatic rings. The molecule has 2 saturated heterocycles. The fourth-order valence-corrected chi connectivity index (χ4v) is 3.00. The fraction of sp³-hybridized carbons (Fsp3) is 0.929. The third kappa shape index (κ3) is 2.35. The van der Waals surface area contributed by atoms with Crippen molar-refractivity contribution < 1.29 is 4.79 Å². The maximum Gasteiger partial charge on any atom is 0.320 e. The highest BCUT2D eigenvalue weighted by Crippen LogP contribution is 2.33. The summed E-state index contributed by atoms with van der Waals surface area (Å²) >= 11 is 0. The van der Waals surface area contributed by atoms with E-state index in [2.05, 4.69) is 37.5 Å². The van der Waals surface area contributed by atoms with Gasteiger partial charge in [0.1, 0.15) is 0 Å². The molecule has 0 saturated carbocycles. The second-order valence-electron chi connectivity index (χ2n) is 6.34. The zero-order chi connectivity index (χ0) is 13.4. The Morgan fingerprint density at radius 1 is 1.22 bits per heavy atom. The normalized spacial score (nSPS) is 28.3. The van der Waals surface area contributed by atoms with E-state index in [1.807, 2.05) is 11.9 Å². The fourth-order valence-electron chi connectivity index (χ4n) is 3.00. The number of hydrogen-bond donors (Lipinski definition) is 0. The Hall–Kier alpha value is -0.770. The first-order chi connectivity index (χ1) is 8.41. The zero-order valence-corrected chi connectivity index (χ0v) is 12.4. The highest BCUT2D eigenvalue weighted by molar-refractivity contribution is 5.76. The number of hydrogen-bond acceptors (Lipinski definition) is 2. The van der Waals surface area contributed by atoms with Gasteiger partial charge in [0.25, 0.3) is 0 Å². The zero-order valence-electron chi connectivity index (χ0n) is 12.4. The molecule has 2 aliphatic rings. The number of carbonyl (C=O) groups is 1. The summed E-state index contributed by atoms with van der Waals surface area (Å²) in [6.45, 7) is 11.9. The molecule has 0 spiro atoms. The maximum absolute atomic E-state index is 12.3.